The summed E-state index contributed by atoms with van der Waals surface area (Å²) in [6.45, 7) is 0.774. The maximum atomic E-state index is 11.1. The van der Waals surface area contributed by atoms with Gasteiger partial charge < -0.3 is 4.90 Å². The number of nitrogens with zero attached hydrogens (tertiary/aromatic N) is 3. The molecule has 4 heteroatoms. The normalized spacial score (nSPS) is 21.2. The van der Waals surface area contributed by atoms with Gasteiger partial charge in [0.15, 0.2) is 0 Å². The van der Waals surface area contributed by atoms with Gasteiger partial charge >= 0.3 is 0 Å². The summed E-state index contributed by atoms with van der Waals surface area (Å²) >= 11 is 0. The zero-order valence-corrected chi connectivity index (χ0v) is 7.16. The fourth-order valence-electron chi connectivity index (χ4n) is 1.22. The van der Waals surface area contributed by atoms with E-state index < -0.39 is 0 Å². The summed E-state index contributed by atoms with van der Waals surface area (Å²) in [7, 11) is 5.38. The molecule has 0 bridgehead atoms. The summed E-state index contributed by atoms with van der Waals surface area (Å²) in [5.41, 5.74) is 0. The standard InChI is InChI=1S/C7H13N3O.CH4/c1-8-7-9(2)5-4-6(11)10(7)3;/h4-5H2,1-3H3;1H4. The number of aliphatic imine (C=N–C) groups is 1. The van der Waals surface area contributed by atoms with Crippen LogP contribution in [0, 0.1) is 0 Å². The topological polar surface area (TPSA) is 35.9 Å². The Bertz CT molecular complexity index is 200. The van der Waals surface area contributed by atoms with E-state index in [9.17, 15) is 4.79 Å². The molecular weight excluding hydrogens is 154 g/mol. The van der Waals surface area contributed by atoms with E-state index in [-0.39, 0.29) is 13.3 Å². The zero-order valence-electron chi connectivity index (χ0n) is 7.16. The Kier molecular flexibility index (Phi) is 3.73. The number of guanidine groups is 1. The molecule has 0 saturated carbocycles. The molecular formula is C8H17N3O. The highest BCUT2D eigenvalue weighted by Crippen LogP contribution is 2.05. The zero-order chi connectivity index (χ0) is 8.43. The molecule has 0 N–H and O–H groups in total. The first-order valence-corrected chi connectivity index (χ1v) is 3.61. The molecule has 1 amide bonds. The van der Waals surface area contributed by atoms with E-state index in [1.165, 1.54) is 0 Å². The highest BCUT2D eigenvalue weighted by molar-refractivity contribution is 5.98. The number of hydrogen-bond acceptors (Lipinski definition) is 2. The van der Waals surface area contributed by atoms with E-state index in [2.05, 4.69) is 4.99 Å². The summed E-state index contributed by atoms with van der Waals surface area (Å²) < 4.78 is 0. The summed E-state index contributed by atoms with van der Waals surface area (Å²) in [4.78, 5) is 18.7. The minimum atomic E-state index is 0. The van der Waals surface area contributed by atoms with Crippen LogP contribution in [0.25, 0.3) is 0 Å². The van der Waals surface area contributed by atoms with Crippen molar-refractivity contribution in [2.24, 2.45) is 4.99 Å². The highest BCUT2D eigenvalue weighted by Gasteiger charge is 2.23. The molecule has 1 heterocycles. The first-order valence-electron chi connectivity index (χ1n) is 3.61. The molecule has 12 heavy (non-hydrogen) atoms. The molecule has 0 aromatic rings. The predicted octanol–water partition coefficient (Wildman–Crippen LogP) is 0.402. The second kappa shape index (κ2) is 4.09. The van der Waals surface area contributed by atoms with Crippen LogP contribution in [0.15, 0.2) is 4.99 Å². The summed E-state index contributed by atoms with van der Waals surface area (Å²) in [6.07, 6.45) is 0.589. The van der Waals surface area contributed by atoms with Crippen LogP contribution in [0.5, 0.6) is 0 Å². The molecule has 1 fully saturated rings. The average Bonchev–Trinajstić information content (AvgIpc) is 1.99. The van der Waals surface area contributed by atoms with Gasteiger partial charge in [-0.15, -0.1) is 0 Å². The van der Waals surface area contributed by atoms with Crippen molar-refractivity contribution >= 4 is 11.9 Å². The van der Waals surface area contributed by atoms with Crippen molar-refractivity contribution in [3.05, 3.63) is 0 Å². The van der Waals surface area contributed by atoms with Crippen LogP contribution >= 0.6 is 0 Å². The van der Waals surface area contributed by atoms with E-state index >= 15 is 0 Å². The van der Waals surface area contributed by atoms with Crippen molar-refractivity contribution < 1.29 is 4.79 Å². The number of rotatable bonds is 0. The van der Waals surface area contributed by atoms with Crippen LogP contribution in [-0.2, 0) is 4.79 Å². The van der Waals surface area contributed by atoms with E-state index in [0.717, 1.165) is 12.5 Å². The van der Waals surface area contributed by atoms with Crippen LogP contribution in [-0.4, -0.2) is 49.4 Å². The first-order chi connectivity index (χ1) is 5.16. The lowest BCUT2D eigenvalue weighted by Crippen LogP contribution is -2.49. The van der Waals surface area contributed by atoms with Gasteiger partial charge in [-0.1, -0.05) is 7.43 Å². The van der Waals surface area contributed by atoms with Crippen molar-refractivity contribution in [1.82, 2.24) is 9.80 Å². The Balaban J connectivity index is 0.00000121. The van der Waals surface area contributed by atoms with Crippen LogP contribution < -0.4 is 0 Å². The molecule has 0 spiro atoms. The van der Waals surface area contributed by atoms with Gasteiger partial charge in [-0.25, -0.2) is 0 Å². The van der Waals surface area contributed by atoms with Gasteiger partial charge in [0.25, 0.3) is 0 Å². The van der Waals surface area contributed by atoms with E-state index in [1.54, 1.807) is 19.0 Å². The van der Waals surface area contributed by atoms with Crippen molar-refractivity contribution in [3.8, 4) is 0 Å². The minimum absolute atomic E-state index is 0. The van der Waals surface area contributed by atoms with Crippen molar-refractivity contribution in [2.75, 3.05) is 27.7 Å². The van der Waals surface area contributed by atoms with Crippen molar-refractivity contribution in [2.45, 2.75) is 13.8 Å². The molecule has 70 valence electrons. The molecule has 1 aliphatic rings. The molecule has 1 rings (SSSR count). The smallest absolute Gasteiger partial charge is 0.230 e. The van der Waals surface area contributed by atoms with Crippen LogP contribution in [0.4, 0.5) is 0 Å². The summed E-state index contributed by atoms with van der Waals surface area (Å²) in [5, 5.41) is 0. The third kappa shape index (κ3) is 1.75. The molecule has 0 aromatic carbocycles. The Morgan fingerprint density at radius 3 is 2.42 bits per heavy atom. The SMILES string of the molecule is C.CN=C1N(C)CCC(=O)N1C. The fourth-order valence-corrected chi connectivity index (χ4v) is 1.22. The molecule has 0 aromatic heterocycles. The lowest BCUT2D eigenvalue weighted by atomic mass is 10.3. The number of carbonyl (C=O) groups is 1. The van der Waals surface area contributed by atoms with Gasteiger partial charge in [-0.2, -0.15) is 0 Å². The Morgan fingerprint density at radius 2 is 2.00 bits per heavy atom. The van der Waals surface area contributed by atoms with Gasteiger partial charge in [0.05, 0.1) is 0 Å². The first kappa shape index (κ1) is 10.9. The molecule has 0 aliphatic carbocycles. The Labute approximate surface area is 73.9 Å². The van der Waals surface area contributed by atoms with Gasteiger partial charge in [0.2, 0.25) is 11.9 Å². The number of carbonyl (C=O) groups excluding carboxylic acids is 1. The van der Waals surface area contributed by atoms with Crippen molar-refractivity contribution in [3.63, 3.8) is 0 Å². The van der Waals surface area contributed by atoms with Gasteiger partial charge in [0, 0.05) is 34.1 Å². The maximum absolute atomic E-state index is 11.1. The minimum Gasteiger partial charge on any atom is -0.345 e. The molecule has 0 radical (unpaired) electrons. The van der Waals surface area contributed by atoms with Crippen molar-refractivity contribution in [1.29, 1.82) is 0 Å². The molecule has 4 nitrogen and oxygen atoms in total. The highest BCUT2D eigenvalue weighted by atomic mass is 16.2. The lowest BCUT2D eigenvalue weighted by Gasteiger charge is -2.32. The second-order valence-electron chi connectivity index (χ2n) is 2.65. The second-order valence-corrected chi connectivity index (χ2v) is 2.65. The average molecular weight is 171 g/mol. The lowest BCUT2D eigenvalue weighted by molar-refractivity contribution is -0.128. The van der Waals surface area contributed by atoms with Gasteiger partial charge in [-0.3, -0.25) is 14.7 Å². The summed E-state index contributed by atoms with van der Waals surface area (Å²) in [6, 6.07) is 0. The van der Waals surface area contributed by atoms with E-state index in [1.807, 2.05) is 11.9 Å². The monoisotopic (exact) mass is 171 g/mol. The van der Waals surface area contributed by atoms with Gasteiger partial charge in [-0.05, 0) is 0 Å². The molecule has 0 atom stereocenters. The molecule has 1 aliphatic heterocycles. The Hall–Kier alpha value is -1.06. The quantitative estimate of drug-likeness (QED) is 0.529. The molecule has 0 unspecified atom stereocenters. The molecule has 1 saturated heterocycles. The van der Waals surface area contributed by atoms with Crippen LogP contribution in [0.3, 0.4) is 0 Å². The van der Waals surface area contributed by atoms with Gasteiger partial charge in [0.1, 0.15) is 0 Å². The fraction of sp³-hybridized carbons (Fsp3) is 0.750. The van der Waals surface area contributed by atoms with E-state index in [0.29, 0.717) is 6.42 Å². The summed E-state index contributed by atoms with van der Waals surface area (Å²) in [5.74, 6) is 0.893. The Morgan fingerprint density at radius 1 is 1.42 bits per heavy atom. The number of hydrogen-bond donors (Lipinski definition) is 0. The third-order valence-electron chi connectivity index (χ3n) is 1.88. The largest absolute Gasteiger partial charge is 0.345 e. The number of amides is 1. The van der Waals surface area contributed by atoms with E-state index in [4.69, 9.17) is 0 Å². The third-order valence-corrected chi connectivity index (χ3v) is 1.88. The maximum Gasteiger partial charge on any atom is 0.230 e. The van der Waals surface area contributed by atoms with Crippen LogP contribution in [0.2, 0.25) is 0 Å². The predicted molar refractivity (Wildman–Crippen MR) is 50.1 cm³/mol. The van der Waals surface area contributed by atoms with Crippen LogP contribution in [0.1, 0.15) is 13.8 Å².